The minimum absolute atomic E-state index is 0.0317. The standard InChI is InChI=1S/C11H20N2O/c1-3-9(2)13-6-4-11(5-7-13)8-12-10(11)14/h9H,3-8H2,1-2H3,(H,12,14). The molecule has 0 aliphatic carbocycles. The van der Waals surface area contributed by atoms with Crippen molar-refractivity contribution in [3.63, 3.8) is 0 Å². The largest absolute Gasteiger partial charge is 0.354 e. The van der Waals surface area contributed by atoms with Crippen molar-refractivity contribution >= 4 is 5.91 Å². The van der Waals surface area contributed by atoms with Crippen LogP contribution in [0.2, 0.25) is 0 Å². The lowest BCUT2D eigenvalue weighted by atomic mass is 9.72. The van der Waals surface area contributed by atoms with Gasteiger partial charge in [0.05, 0.1) is 5.41 Å². The van der Waals surface area contributed by atoms with Gasteiger partial charge in [0.2, 0.25) is 5.91 Å². The first-order chi connectivity index (χ1) is 6.68. The van der Waals surface area contributed by atoms with Gasteiger partial charge in [-0.1, -0.05) is 6.92 Å². The van der Waals surface area contributed by atoms with E-state index in [4.69, 9.17) is 0 Å². The Labute approximate surface area is 85.8 Å². The van der Waals surface area contributed by atoms with Gasteiger partial charge in [0, 0.05) is 12.6 Å². The first-order valence-corrected chi connectivity index (χ1v) is 5.70. The highest BCUT2D eigenvalue weighted by molar-refractivity contribution is 5.88. The van der Waals surface area contributed by atoms with Crippen LogP contribution in [0.4, 0.5) is 0 Å². The summed E-state index contributed by atoms with van der Waals surface area (Å²) in [6.45, 7) is 7.62. The van der Waals surface area contributed by atoms with Crippen molar-refractivity contribution in [1.29, 1.82) is 0 Å². The molecule has 1 atom stereocenters. The van der Waals surface area contributed by atoms with Crippen LogP contribution in [0.25, 0.3) is 0 Å². The quantitative estimate of drug-likeness (QED) is 0.668. The van der Waals surface area contributed by atoms with E-state index in [1.165, 1.54) is 6.42 Å². The zero-order valence-electron chi connectivity index (χ0n) is 9.18. The van der Waals surface area contributed by atoms with E-state index in [9.17, 15) is 4.79 Å². The lowest BCUT2D eigenvalue weighted by Crippen LogP contribution is -2.63. The molecule has 2 heterocycles. The number of amides is 1. The summed E-state index contributed by atoms with van der Waals surface area (Å²) in [4.78, 5) is 13.9. The van der Waals surface area contributed by atoms with Crippen molar-refractivity contribution in [2.45, 2.75) is 39.2 Å². The Hall–Kier alpha value is -0.570. The van der Waals surface area contributed by atoms with E-state index in [0.717, 1.165) is 32.5 Å². The maximum atomic E-state index is 11.4. The summed E-state index contributed by atoms with van der Waals surface area (Å²) in [6.07, 6.45) is 3.32. The predicted octanol–water partition coefficient (Wildman–Crippen LogP) is 0.997. The highest BCUT2D eigenvalue weighted by atomic mass is 16.2. The molecule has 0 aromatic carbocycles. The van der Waals surface area contributed by atoms with Crippen LogP contribution in [-0.4, -0.2) is 36.5 Å². The highest BCUT2D eigenvalue weighted by Gasteiger charge is 2.47. The van der Waals surface area contributed by atoms with Crippen LogP contribution in [0.5, 0.6) is 0 Å². The minimum atomic E-state index is 0.0317. The van der Waals surface area contributed by atoms with Crippen LogP contribution in [0.15, 0.2) is 0 Å². The van der Waals surface area contributed by atoms with Crippen LogP contribution >= 0.6 is 0 Å². The molecule has 2 rings (SSSR count). The summed E-state index contributed by atoms with van der Waals surface area (Å²) in [6, 6.07) is 0.676. The van der Waals surface area contributed by atoms with Crippen molar-refractivity contribution in [3.8, 4) is 0 Å². The Morgan fingerprint density at radius 3 is 2.50 bits per heavy atom. The van der Waals surface area contributed by atoms with Crippen molar-refractivity contribution in [1.82, 2.24) is 10.2 Å². The maximum absolute atomic E-state index is 11.4. The molecule has 1 spiro atoms. The Balaban J connectivity index is 1.89. The third kappa shape index (κ3) is 1.44. The van der Waals surface area contributed by atoms with Crippen LogP contribution in [-0.2, 0) is 4.79 Å². The summed E-state index contributed by atoms with van der Waals surface area (Å²) in [5.41, 5.74) is 0.0317. The molecular formula is C11H20N2O. The molecule has 2 aliphatic rings. The molecule has 0 bridgehead atoms. The highest BCUT2D eigenvalue weighted by Crippen LogP contribution is 2.36. The van der Waals surface area contributed by atoms with Gasteiger partial charge in [0.25, 0.3) is 0 Å². The number of nitrogens with one attached hydrogen (secondary N) is 1. The third-order valence-electron chi connectivity index (χ3n) is 4.04. The molecule has 1 N–H and O–H groups in total. The molecule has 2 saturated heterocycles. The van der Waals surface area contributed by atoms with Crippen LogP contribution in [0, 0.1) is 5.41 Å². The maximum Gasteiger partial charge on any atom is 0.228 e. The van der Waals surface area contributed by atoms with Gasteiger partial charge in [-0.15, -0.1) is 0 Å². The summed E-state index contributed by atoms with van der Waals surface area (Å²) in [5, 5.41) is 2.87. The van der Waals surface area contributed by atoms with E-state index in [1.54, 1.807) is 0 Å². The summed E-state index contributed by atoms with van der Waals surface area (Å²) < 4.78 is 0. The third-order valence-corrected chi connectivity index (χ3v) is 4.04. The molecule has 80 valence electrons. The Bertz CT molecular complexity index is 231. The lowest BCUT2D eigenvalue weighted by Gasteiger charge is -2.47. The zero-order chi connectivity index (χ0) is 10.2. The Morgan fingerprint density at radius 2 is 2.14 bits per heavy atom. The molecule has 2 aliphatic heterocycles. The molecule has 0 radical (unpaired) electrons. The fourth-order valence-corrected chi connectivity index (χ4v) is 2.47. The topological polar surface area (TPSA) is 32.3 Å². The monoisotopic (exact) mass is 196 g/mol. The summed E-state index contributed by atoms with van der Waals surface area (Å²) >= 11 is 0. The summed E-state index contributed by atoms with van der Waals surface area (Å²) in [5.74, 6) is 0.293. The van der Waals surface area contributed by atoms with E-state index < -0.39 is 0 Å². The normalized spacial score (nSPS) is 28.3. The molecule has 14 heavy (non-hydrogen) atoms. The van der Waals surface area contributed by atoms with Crippen LogP contribution in [0.1, 0.15) is 33.1 Å². The van der Waals surface area contributed by atoms with Gasteiger partial charge in [0.15, 0.2) is 0 Å². The molecule has 1 unspecified atom stereocenters. The molecule has 3 nitrogen and oxygen atoms in total. The second-order valence-corrected chi connectivity index (χ2v) is 4.76. The van der Waals surface area contributed by atoms with Gasteiger partial charge in [-0.05, 0) is 39.3 Å². The van der Waals surface area contributed by atoms with Crippen molar-refractivity contribution in [2.75, 3.05) is 19.6 Å². The Morgan fingerprint density at radius 1 is 1.50 bits per heavy atom. The van der Waals surface area contributed by atoms with Crippen molar-refractivity contribution in [3.05, 3.63) is 0 Å². The van der Waals surface area contributed by atoms with Gasteiger partial charge in [-0.3, -0.25) is 4.79 Å². The van der Waals surface area contributed by atoms with Gasteiger partial charge in [0.1, 0.15) is 0 Å². The molecule has 0 aromatic rings. The fourth-order valence-electron chi connectivity index (χ4n) is 2.47. The first-order valence-electron chi connectivity index (χ1n) is 5.70. The number of hydrogen-bond acceptors (Lipinski definition) is 2. The molecule has 2 fully saturated rings. The first kappa shape index (κ1) is 9.97. The fraction of sp³-hybridized carbons (Fsp3) is 0.909. The smallest absolute Gasteiger partial charge is 0.228 e. The van der Waals surface area contributed by atoms with E-state index in [2.05, 4.69) is 24.1 Å². The lowest BCUT2D eigenvalue weighted by molar-refractivity contribution is -0.144. The molecular weight excluding hydrogens is 176 g/mol. The number of carbonyl (C=O) groups is 1. The molecule has 3 heteroatoms. The summed E-state index contributed by atoms with van der Waals surface area (Å²) in [7, 11) is 0. The van der Waals surface area contributed by atoms with E-state index >= 15 is 0 Å². The predicted molar refractivity (Wildman–Crippen MR) is 56.0 cm³/mol. The average molecular weight is 196 g/mol. The molecule has 0 saturated carbocycles. The van der Waals surface area contributed by atoms with E-state index in [0.29, 0.717) is 11.9 Å². The SMILES string of the molecule is CCC(C)N1CCC2(CC1)CNC2=O. The van der Waals surface area contributed by atoms with Crippen LogP contribution < -0.4 is 5.32 Å². The molecule has 0 aromatic heterocycles. The number of piperidine rings is 1. The minimum Gasteiger partial charge on any atom is -0.354 e. The number of β-lactam (4-membered cyclic amide) rings is 1. The van der Waals surface area contributed by atoms with Crippen LogP contribution in [0.3, 0.4) is 0 Å². The molecule has 1 amide bonds. The number of rotatable bonds is 2. The zero-order valence-corrected chi connectivity index (χ0v) is 9.18. The van der Waals surface area contributed by atoms with Crippen molar-refractivity contribution < 1.29 is 4.79 Å². The average Bonchev–Trinajstić information content (AvgIpc) is 2.26. The van der Waals surface area contributed by atoms with Gasteiger partial charge >= 0.3 is 0 Å². The second-order valence-electron chi connectivity index (χ2n) is 4.76. The van der Waals surface area contributed by atoms with E-state index in [-0.39, 0.29) is 5.41 Å². The van der Waals surface area contributed by atoms with Crippen molar-refractivity contribution in [2.24, 2.45) is 5.41 Å². The van der Waals surface area contributed by atoms with E-state index in [1.807, 2.05) is 0 Å². The number of likely N-dealkylation sites (tertiary alicyclic amines) is 1. The van der Waals surface area contributed by atoms with Gasteiger partial charge < -0.3 is 10.2 Å². The number of nitrogens with zero attached hydrogens (tertiary/aromatic N) is 1. The van der Waals surface area contributed by atoms with Gasteiger partial charge in [-0.25, -0.2) is 0 Å². The number of hydrogen-bond donors (Lipinski definition) is 1. The number of carbonyl (C=O) groups excluding carboxylic acids is 1. The van der Waals surface area contributed by atoms with Gasteiger partial charge in [-0.2, -0.15) is 0 Å². The Kier molecular flexibility index (Phi) is 2.52. The second kappa shape index (κ2) is 3.54.